The third-order valence-electron chi connectivity index (χ3n) is 4.65. The number of benzene rings is 1. The van der Waals surface area contributed by atoms with Crippen molar-refractivity contribution in [2.45, 2.75) is 26.1 Å². The van der Waals surface area contributed by atoms with Gasteiger partial charge >= 0.3 is 0 Å². The Morgan fingerprint density at radius 1 is 1.31 bits per heavy atom. The predicted octanol–water partition coefficient (Wildman–Crippen LogP) is 3.55. The fourth-order valence-electron chi connectivity index (χ4n) is 3.45. The van der Waals surface area contributed by atoms with Crippen molar-refractivity contribution in [1.82, 2.24) is 14.8 Å². The van der Waals surface area contributed by atoms with Crippen LogP contribution < -0.4 is 10.2 Å². The lowest BCUT2D eigenvalue weighted by molar-refractivity contribution is -0.00539. The van der Waals surface area contributed by atoms with E-state index in [1.54, 1.807) is 28.4 Å². The number of thiazole rings is 1. The molecule has 1 aromatic carbocycles. The molecule has 1 aliphatic rings. The van der Waals surface area contributed by atoms with Crippen molar-refractivity contribution in [2.75, 3.05) is 23.3 Å². The van der Waals surface area contributed by atoms with Crippen molar-refractivity contribution in [3.05, 3.63) is 47.5 Å². The van der Waals surface area contributed by atoms with Crippen molar-refractivity contribution in [3.8, 4) is 10.6 Å². The van der Waals surface area contributed by atoms with Gasteiger partial charge in [-0.3, -0.25) is 9.48 Å². The van der Waals surface area contributed by atoms with Crippen LogP contribution in [0, 0.1) is 5.82 Å². The molecule has 1 saturated heterocycles. The number of amides is 1. The first-order valence-electron chi connectivity index (χ1n) is 9.35. The number of nitrogens with one attached hydrogen (secondary N) is 1. The normalized spacial score (nSPS) is 19.4. The number of hydrogen-bond acceptors (Lipinski definition) is 6. The summed E-state index contributed by atoms with van der Waals surface area (Å²) >= 11 is 1.36. The SMILES string of the molecule is C[C@H]1CN(c2ccc(NC(=O)c3csc(-c4cnn(C)c4)n3)cc2F)C[C@H](C)O1. The minimum atomic E-state index is -0.378. The van der Waals surface area contributed by atoms with Gasteiger partial charge in [0.15, 0.2) is 0 Å². The smallest absolute Gasteiger partial charge is 0.275 e. The van der Waals surface area contributed by atoms with Gasteiger partial charge in [-0.1, -0.05) is 0 Å². The average Bonchev–Trinajstić information content (AvgIpc) is 3.30. The Kier molecular flexibility index (Phi) is 5.33. The van der Waals surface area contributed by atoms with E-state index in [-0.39, 0.29) is 29.6 Å². The highest BCUT2D eigenvalue weighted by molar-refractivity contribution is 7.13. The van der Waals surface area contributed by atoms with Gasteiger partial charge in [0.25, 0.3) is 5.91 Å². The van der Waals surface area contributed by atoms with Crippen LogP contribution >= 0.6 is 11.3 Å². The second kappa shape index (κ2) is 7.92. The first-order valence-corrected chi connectivity index (χ1v) is 10.2. The van der Waals surface area contributed by atoms with Gasteiger partial charge in [-0.15, -0.1) is 11.3 Å². The van der Waals surface area contributed by atoms with Crippen LogP contribution in [0.15, 0.2) is 36.0 Å². The molecule has 1 amide bonds. The first-order chi connectivity index (χ1) is 13.9. The summed E-state index contributed by atoms with van der Waals surface area (Å²) in [6.45, 7) is 5.21. The summed E-state index contributed by atoms with van der Waals surface area (Å²) in [5.41, 5.74) is 2.04. The summed E-state index contributed by atoms with van der Waals surface area (Å²) < 4.78 is 22.1. The Labute approximate surface area is 172 Å². The first kappa shape index (κ1) is 19.5. The number of aromatic nitrogens is 3. The van der Waals surface area contributed by atoms with Crippen LogP contribution in [0.2, 0.25) is 0 Å². The predicted molar refractivity (Wildman–Crippen MR) is 111 cm³/mol. The van der Waals surface area contributed by atoms with Crippen LogP contribution in [0.4, 0.5) is 15.8 Å². The number of nitrogens with zero attached hydrogens (tertiary/aromatic N) is 4. The fraction of sp³-hybridized carbons (Fsp3) is 0.350. The maximum Gasteiger partial charge on any atom is 0.275 e. The summed E-state index contributed by atoms with van der Waals surface area (Å²) in [5.74, 6) is -0.754. The number of morpholine rings is 1. The van der Waals surface area contributed by atoms with E-state index in [4.69, 9.17) is 4.74 Å². The van der Waals surface area contributed by atoms with E-state index >= 15 is 0 Å². The molecule has 0 bridgehead atoms. The van der Waals surface area contributed by atoms with Gasteiger partial charge in [0.05, 0.1) is 24.1 Å². The van der Waals surface area contributed by atoms with Gasteiger partial charge in [-0.25, -0.2) is 9.37 Å². The van der Waals surface area contributed by atoms with Crippen LogP contribution in [0.5, 0.6) is 0 Å². The molecule has 29 heavy (non-hydrogen) atoms. The Bertz CT molecular complexity index is 1020. The molecule has 3 aromatic rings. The molecule has 0 radical (unpaired) electrons. The van der Waals surface area contributed by atoms with Gasteiger partial charge in [-0.2, -0.15) is 5.10 Å². The van der Waals surface area contributed by atoms with E-state index in [2.05, 4.69) is 15.4 Å². The van der Waals surface area contributed by atoms with Crippen LogP contribution in [0.25, 0.3) is 10.6 Å². The highest BCUT2D eigenvalue weighted by Crippen LogP contribution is 2.27. The molecule has 1 fully saturated rings. The van der Waals surface area contributed by atoms with E-state index in [0.717, 1.165) is 5.56 Å². The van der Waals surface area contributed by atoms with E-state index in [9.17, 15) is 9.18 Å². The maximum atomic E-state index is 14.7. The third kappa shape index (κ3) is 4.30. The number of rotatable bonds is 4. The van der Waals surface area contributed by atoms with Crippen LogP contribution in [0.3, 0.4) is 0 Å². The van der Waals surface area contributed by atoms with Gasteiger partial charge in [0, 0.05) is 43.0 Å². The number of carbonyl (C=O) groups is 1. The molecule has 0 aliphatic carbocycles. The number of hydrogen-bond donors (Lipinski definition) is 1. The Morgan fingerprint density at radius 2 is 2.07 bits per heavy atom. The Hall–Kier alpha value is -2.78. The minimum absolute atomic E-state index is 0.0382. The summed E-state index contributed by atoms with van der Waals surface area (Å²) in [6, 6.07) is 4.74. The highest BCUT2D eigenvalue weighted by atomic mass is 32.1. The van der Waals surface area contributed by atoms with Gasteiger partial charge in [0.1, 0.15) is 16.5 Å². The van der Waals surface area contributed by atoms with E-state index in [1.165, 1.54) is 17.4 Å². The molecule has 2 atom stereocenters. The van der Waals surface area contributed by atoms with Gasteiger partial charge < -0.3 is 15.0 Å². The zero-order chi connectivity index (χ0) is 20.5. The van der Waals surface area contributed by atoms with E-state index in [1.807, 2.05) is 32.0 Å². The molecule has 7 nitrogen and oxygen atoms in total. The molecule has 2 aromatic heterocycles. The summed E-state index contributed by atoms with van der Waals surface area (Å²) in [6.07, 6.45) is 3.61. The lowest BCUT2D eigenvalue weighted by Gasteiger charge is -2.37. The molecule has 0 spiro atoms. The number of carbonyl (C=O) groups excluding carboxylic acids is 1. The van der Waals surface area contributed by atoms with E-state index in [0.29, 0.717) is 29.5 Å². The van der Waals surface area contributed by atoms with Crippen LogP contribution in [-0.2, 0) is 11.8 Å². The third-order valence-corrected chi connectivity index (χ3v) is 5.55. The number of halogens is 1. The topological polar surface area (TPSA) is 72.3 Å². The zero-order valence-electron chi connectivity index (χ0n) is 16.4. The summed E-state index contributed by atoms with van der Waals surface area (Å²) in [7, 11) is 1.82. The average molecular weight is 415 g/mol. The van der Waals surface area contributed by atoms with Crippen molar-refractivity contribution in [3.63, 3.8) is 0 Å². The standard InChI is InChI=1S/C20H22FN5O2S/c1-12-8-26(9-13(2)28-12)18-5-4-15(6-16(18)21)23-19(27)17-11-29-20(24-17)14-7-22-25(3)10-14/h4-7,10-13H,8-9H2,1-3H3,(H,23,27)/t12-,13-/m0/s1. The quantitative estimate of drug-likeness (QED) is 0.706. The lowest BCUT2D eigenvalue weighted by Crippen LogP contribution is -2.45. The molecule has 152 valence electrons. The van der Waals surface area contributed by atoms with Crippen molar-refractivity contribution in [2.24, 2.45) is 7.05 Å². The van der Waals surface area contributed by atoms with Gasteiger partial charge in [-0.05, 0) is 32.0 Å². The highest BCUT2D eigenvalue weighted by Gasteiger charge is 2.24. The number of ether oxygens (including phenoxy) is 1. The van der Waals surface area contributed by atoms with Gasteiger partial charge in [0.2, 0.25) is 0 Å². The van der Waals surface area contributed by atoms with E-state index < -0.39 is 0 Å². The zero-order valence-corrected chi connectivity index (χ0v) is 17.2. The molecular weight excluding hydrogens is 393 g/mol. The molecule has 0 saturated carbocycles. The maximum absolute atomic E-state index is 14.7. The minimum Gasteiger partial charge on any atom is -0.372 e. The molecule has 1 aliphatic heterocycles. The van der Waals surface area contributed by atoms with Crippen molar-refractivity contribution in [1.29, 1.82) is 0 Å². The van der Waals surface area contributed by atoms with Crippen LogP contribution in [-0.4, -0.2) is 46.0 Å². The van der Waals surface area contributed by atoms with Crippen molar-refractivity contribution < 1.29 is 13.9 Å². The number of anilines is 2. The monoisotopic (exact) mass is 415 g/mol. The molecule has 1 N–H and O–H groups in total. The summed E-state index contributed by atoms with van der Waals surface area (Å²) in [4.78, 5) is 18.8. The Balaban J connectivity index is 1.46. The molecule has 0 unspecified atom stereocenters. The second-order valence-electron chi connectivity index (χ2n) is 7.22. The van der Waals surface area contributed by atoms with Crippen molar-refractivity contribution >= 4 is 28.6 Å². The largest absolute Gasteiger partial charge is 0.372 e. The summed E-state index contributed by atoms with van der Waals surface area (Å²) in [5, 5.41) is 9.22. The van der Waals surface area contributed by atoms with Crippen LogP contribution in [0.1, 0.15) is 24.3 Å². The molecule has 3 heterocycles. The Morgan fingerprint density at radius 3 is 2.72 bits per heavy atom. The molecular formula is C20H22FN5O2S. The molecule has 4 rings (SSSR count). The molecule has 9 heteroatoms. The lowest BCUT2D eigenvalue weighted by atomic mass is 10.2. The second-order valence-corrected chi connectivity index (χ2v) is 8.08. The fourth-order valence-corrected chi connectivity index (χ4v) is 4.23. The number of aryl methyl sites for hydroxylation is 1.